The fourth-order valence-corrected chi connectivity index (χ4v) is 4.92. The largest absolute Gasteiger partial charge is 0.497 e. The summed E-state index contributed by atoms with van der Waals surface area (Å²) in [7, 11) is -2.29. The van der Waals surface area contributed by atoms with Crippen LogP contribution in [0.4, 0.5) is 5.69 Å². The molecule has 0 saturated carbocycles. The zero-order valence-corrected chi connectivity index (χ0v) is 25.1. The van der Waals surface area contributed by atoms with Crippen molar-refractivity contribution in [3.05, 3.63) is 90.0 Å². The highest BCUT2D eigenvalue weighted by atomic mass is 32.2. The lowest BCUT2D eigenvalue weighted by molar-refractivity contribution is -0.139. The Morgan fingerprint density at radius 2 is 1.54 bits per heavy atom. The van der Waals surface area contributed by atoms with Gasteiger partial charge in [0.2, 0.25) is 21.8 Å². The number of carbonyl (C=O) groups excluding carboxylic acids is 2. The molecule has 3 aromatic rings. The highest BCUT2D eigenvalue weighted by molar-refractivity contribution is 7.92. The molecule has 0 aromatic heterocycles. The van der Waals surface area contributed by atoms with E-state index in [9.17, 15) is 18.0 Å². The molecule has 41 heavy (non-hydrogen) atoms. The number of nitrogens with zero attached hydrogens (tertiary/aromatic N) is 2. The Bertz CT molecular complexity index is 1390. The van der Waals surface area contributed by atoms with E-state index in [1.165, 1.54) is 4.90 Å². The highest BCUT2D eigenvalue weighted by Gasteiger charge is 2.30. The summed E-state index contributed by atoms with van der Waals surface area (Å²) >= 11 is 0. The summed E-state index contributed by atoms with van der Waals surface area (Å²) in [6, 6.07) is 22.5. The average molecular weight is 582 g/mol. The number of methoxy groups -OCH3 is 1. The van der Waals surface area contributed by atoms with Crippen LogP contribution in [0, 0.1) is 5.92 Å². The molecule has 0 spiro atoms. The maximum Gasteiger partial charge on any atom is 0.244 e. The van der Waals surface area contributed by atoms with E-state index in [1.807, 2.05) is 50.2 Å². The SMILES string of the molecule is COc1cccc(CN(C(=O)CN(c2ccc(OCc3ccccc3)cc2)S(C)(=O)=O)C(C)C(=O)NCC(C)C)c1. The molecule has 0 heterocycles. The molecule has 0 saturated heterocycles. The minimum absolute atomic E-state index is 0.0934. The van der Waals surface area contributed by atoms with Crippen molar-refractivity contribution in [1.82, 2.24) is 10.2 Å². The van der Waals surface area contributed by atoms with Gasteiger partial charge in [0.15, 0.2) is 0 Å². The second kappa shape index (κ2) is 14.5. The summed E-state index contributed by atoms with van der Waals surface area (Å²) < 4.78 is 37.8. The lowest BCUT2D eigenvalue weighted by Crippen LogP contribution is -2.51. The number of benzene rings is 3. The Labute approximate surface area is 243 Å². The van der Waals surface area contributed by atoms with Gasteiger partial charge >= 0.3 is 0 Å². The van der Waals surface area contributed by atoms with Gasteiger partial charge in [0, 0.05) is 13.1 Å². The smallest absolute Gasteiger partial charge is 0.244 e. The molecule has 0 bridgehead atoms. The Morgan fingerprint density at radius 3 is 2.15 bits per heavy atom. The second-order valence-corrected chi connectivity index (χ2v) is 12.1. The Hall–Kier alpha value is -4.05. The van der Waals surface area contributed by atoms with Gasteiger partial charge < -0.3 is 19.7 Å². The van der Waals surface area contributed by atoms with Gasteiger partial charge in [-0.1, -0.05) is 56.3 Å². The molecule has 1 unspecified atom stereocenters. The fourth-order valence-electron chi connectivity index (χ4n) is 4.07. The van der Waals surface area contributed by atoms with Crippen LogP contribution >= 0.6 is 0 Å². The fraction of sp³-hybridized carbons (Fsp3) is 0.355. The van der Waals surface area contributed by atoms with Crippen LogP contribution in [0.2, 0.25) is 0 Å². The number of ether oxygens (including phenoxy) is 2. The first-order chi connectivity index (χ1) is 19.5. The van der Waals surface area contributed by atoms with Crippen LogP contribution < -0.4 is 19.1 Å². The van der Waals surface area contributed by atoms with Crippen LogP contribution in [0.3, 0.4) is 0 Å². The van der Waals surface area contributed by atoms with Crippen LogP contribution in [0.1, 0.15) is 31.9 Å². The third-order valence-electron chi connectivity index (χ3n) is 6.39. The van der Waals surface area contributed by atoms with Crippen LogP contribution in [0.5, 0.6) is 11.5 Å². The van der Waals surface area contributed by atoms with Gasteiger partial charge in [-0.15, -0.1) is 0 Å². The molecular weight excluding hydrogens is 542 g/mol. The molecule has 0 aliphatic carbocycles. The predicted octanol–water partition coefficient (Wildman–Crippen LogP) is 4.23. The minimum atomic E-state index is -3.84. The van der Waals surface area contributed by atoms with Crippen molar-refractivity contribution in [2.75, 3.05) is 30.8 Å². The van der Waals surface area contributed by atoms with E-state index in [4.69, 9.17) is 9.47 Å². The average Bonchev–Trinajstić information content (AvgIpc) is 2.96. The predicted molar refractivity (Wildman–Crippen MR) is 160 cm³/mol. The number of carbonyl (C=O) groups is 2. The molecule has 10 heteroatoms. The molecule has 1 N–H and O–H groups in total. The van der Waals surface area contributed by atoms with E-state index >= 15 is 0 Å². The van der Waals surface area contributed by atoms with Gasteiger partial charge in [0.05, 0.1) is 19.1 Å². The van der Waals surface area contributed by atoms with Gasteiger partial charge in [-0.05, 0) is 60.4 Å². The third kappa shape index (κ3) is 9.53. The molecular formula is C31H39N3O6S. The monoisotopic (exact) mass is 581 g/mol. The minimum Gasteiger partial charge on any atom is -0.497 e. The van der Waals surface area contributed by atoms with Crippen molar-refractivity contribution in [1.29, 1.82) is 0 Å². The van der Waals surface area contributed by atoms with Crippen molar-refractivity contribution in [3.63, 3.8) is 0 Å². The molecule has 220 valence electrons. The number of rotatable bonds is 14. The molecule has 1 atom stereocenters. The van der Waals surface area contributed by atoms with Crippen LogP contribution in [-0.2, 0) is 32.8 Å². The zero-order chi connectivity index (χ0) is 30.0. The summed E-state index contributed by atoms with van der Waals surface area (Å²) in [5.41, 5.74) is 2.06. The standard InChI is InChI=1S/C31H39N3O6S/c1-23(2)19-32-31(36)24(3)33(20-26-12-9-13-29(18-26)39-4)30(35)21-34(41(5,37)38)27-14-16-28(17-15-27)40-22-25-10-7-6-8-11-25/h6-18,23-24H,19-22H2,1-5H3,(H,32,36). The quantitative estimate of drug-likeness (QED) is 0.306. The first-order valence-corrected chi connectivity index (χ1v) is 15.3. The summed E-state index contributed by atoms with van der Waals surface area (Å²) in [6.45, 7) is 6.03. The second-order valence-electron chi connectivity index (χ2n) is 10.2. The molecule has 3 aromatic carbocycles. The summed E-state index contributed by atoms with van der Waals surface area (Å²) in [5, 5.41) is 2.87. The first-order valence-electron chi connectivity index (χ1n) is 13.4. The van der Waals surface area contributed by atoms with E-state index in [0.717, 1.165) is 21.7 Å². The number of amides is 2. The Balaban J connectivity index is 1.82. The van der Waals surface area contributed by atoms with E-state index < -0.39 is 28.5 Å². The van der Waals surface area contributed by atoms with Gasteiger partial charge in [0.1, 0.15) is 30.7 Å². The number of hydrogen-bond acceptors (Lipinski definition) is 6. The van der Waals surface area contributed by atoms with Gasteiger partial charge in [0.25, 0.3) is 0 Å². The lowest BCUT2D eigenvalue weighted by Gasteiger charge is -2.31. The van der Waals surface area contributed by atoms with Crippen LogP contribution in [0.15, 0.2) is 78.9 Å². The summed E-state index contributed by atoms with van der Waals surface area (Å²) in [4.78, 5) is 28.1. The first kappa shape index (κ1) is 31.5. The molecule has 0 aliphatic heterocycles. The molecule has 3 rings (SSSR count). The number of hydrogen-bond donors (Lipinski definition) is 1. The molecule has 2 amide bonds. The third-order valence-corrected chi connectivity index (χ3v) is 7.53. The maximum absolute atomic E-state index is 13.7. The molecule has 9 nitrogen and oxygen atoms in total. The van der Waals surface area contributed by atoms with Crippen LogP contribution in [0.25, 0.3) is 0 Å². The Morgan fingerprint density at radius 1 is 0.878 bits per heavy atom. The van der Waals surface area contributed by atoms with Gasteiger partial charge in [-0.2, -0.15) is 0 Å². The maximum atomic E-state index is 13.7. The van der Waals surface area contributed by atoms with Crippen LogP contribution in [-0.4, -0.2) is 57.6 Å². The highest BCUT2D eigenvalue weighted by Crippen LogP contribution is 2.23. The summed E-state index contributed by atoms with van der Waals surface area (Å²) in [5.74, 6) is 0.566. The topological polar surface area (TPSA) is 105 Å². The zero-order valence-electron chi connectivity index (χ0n) is 24.2. The van der Waals surface area contributed by atoms with E-state index in [2.05, 4.69) is 5.32 Å². The molecule has 0 radical (unpaired) electrons. The lowest BCUT2D eigenvalue weighted by atomic mass is 10.1. The Kier molecular flexibility index (Phi) is 11.2. The van der Waals surface area contributed by atoms with Crippen molar-refractivity contribution < 1.29 is 27.5 Å². The van der Waals surface area contributed by atoms with E-state index in [1.54, 1.807) is 56.5 Å². The van der Waals surface area contributed by atoms with Gasteiger partial charge in [-0.25, -0.2) is 8.42 Å². The van der Waals surface area contributed by atoms with E-state index in [-0.39, 0.29) is 18.4 Å². The van der Waals surface area contributed by atoms with Crippen molar-refractivity contribution in [3.8, 4) is 11.5 Å². The molecule has 0 fully saturated rings. The van der Waals surface area contributed by atoms with Crippen molar-refractivity contribution in [2.24, 2.45) is 5.92 Å². The van der Waals surface area contributed by atoms with Crippen molar-refractivity contribution in [2.45, 2.75) is 40.0 Å². The number of nitrogens with one attached hydrogen (secondary N) is 1. The molecule has 0 aliphatic rings. The van der Waals surface area contributed by atoms with Crippen molar-refractivity contribution >= 4 is 27.5 Å². The number of sulfonamides is 1. The van der Waals surface area contributed by atoms with E-state index in [0.29, 0.717) is 30.3 Å². The van der Waals surface area contributed by atoms with Gasteiger partial charge in [-0.3, -0.25) is 13.9 Å². The number of anilines is 1. The normalized spacial score (nSPS) is 12.0. The summed E-state index contributed by atoms with van der Waals surface area (Å²) in [6.07, 6.45) is 1.05.